The van der Waals surface area contributed by atoms with Crippen LogP contribution in [0.1, 0.15) is 15.9 Å². The minimum absolute atomic E-state index is 0.334. The number of benzene rings is 1. The predicted octanol–water partition coefficient (Wildman–Crippen LogP) is 2.25. The maximum atomic E-state index is 12.3. The number of nitrogens with zero attached hydrogens (tertiary/aromatic N) is 2. The Bertz CT molecular complexity index is 710. The second-order valence-electron chi connectivity index (χ2n) is 5.04. The molecule has 2 aromatic rings. The smallest absolute Gasteiger partial charge is 0.258 e. The van der Waals surface area contributed by atoms with E-state index < -0.39 is 17.9 Å². The van der Waals surface area contributed by atoms with Crippen LogP contribution in [-0.4, -0.2) is 35.6 Å². The highest BCUT2D eigenvalue weighted by molar-refractivity contribution is 7.98. The van der Waals surface area contributed by atoms with E-state index in [0.717, 1.165) is 10.5 Å². The lowest BCUT2D eigenvalue weighted by molar-refractivity contribution is -0.128. The summed E-state index contributed by atoms with van der Waals surface area (Å²) in [5.41, 5.74) is 1.46. The Kier molecular flexibility index (Phi) is 6.46. The van der Waals surface area contributed by atoms with Crippen molar-refractivity contribution in [1.82, 2.24) is 10.2 Å². The van der Waals surface area contributed by atoms with Crippen molar-refractivity contribution in [3.8, 4) is 6.19 Å². The van der Waals surface area contributed by atoms with Crippen LogP contribution < -0.4 is 5.32 Å². The molecule has 0 saturated heterocycles. The Balaban J connectivity index is 1.98. The third-order valence-electron chi connectivity index (χ3n) is 3.26. The van der Waals surface area contributed by atoms with E-state index in [1.54, 1.807) is 6.19 Å². The average molecular weight is 343 g/mol. The molecular weight excluding hydrogens is 326 g/mol. The minimum Gasteiger partial charge on any atom is -0.472 e. The van der Waals surface area contributed by atoms with Gasteiger partial charge in [-0.15, -0.1) is 0 Å². The molecule has 1 aromatic carbocycles. The molecule has 0 saturated carbocycles. The molecule has 0 fully saturated rings. The molecule has 0 aliphatic heterocycles. The predicted molar refractivity (Wildman–Crippen MR) is 90.9 cm³/mol. The van der Waals surface area contributed by atoms with Crippen molar-refractivity contribution in [1.29, 1.82) is 5.26 Å². The molecule has 0 bridgehead atoms. The monoisotopic (exact) mass is 343 g/mol. The van der Waals surface area contributed by atoms with Gasteiger partial charge in [0.1, 0.15) is 12.3 Å². The summed E-state index contributed by atoms with van der Waals surface area (Å²) >= 11 is 1.51. The van der Waals surface area contributed by atoms with Crippen molar-refractivity contribution >= 4 is 23.6 Å². The van der Waals surface area contributed by atoms with E-state index in [-0.39, 0.29) is 0 Å². The quantitative estimate of drug-likeness (QED) is 0.615. The van der Waals surface area contributed by atoms with E-state index in [2.05, 4.69) is 5.32 Å². The second-order valence-corrected chi connectivity index (χ2v) is 6.07. The third kappa shape index (κ3) is 4.89. The van der Waals surface area contributed by atoms with Gasteiger partial charge in [-0.2, -0.15) is 17.0 Å². The molecule has 6 nitrogen and oxygen atoms in total. The summed E-state index contributed by atoms with van der Waals surface area (Å²) < 4.78 is 4.87. The van der Waals surface area contributed by atoms with Crippen LogP contribution in [0.25, 0.3) is 0 Å². The Morgan fingerprint density at radius 2 is 2.08 bits per heavy atom. The number of hydrogen-bond acceptors (Lipinski definition) is 5. The van der Waals surface area contributed by atoms with E-state index in [1.165, 1.54) is 37.4 Å². The van der Waals surface area contributed by atoms with Gasteiger partial charge in [-0.3, -0.25) is 14.5 Å². The van der Waals surface area contributed by atoms with Crippen molar-refractivity contribution in [2.45, 2.75) is 11.8 Å². The number of furan rings is 1. The van der Waals surface area contributed by atoms with Crippen LogP contribution >= 0.6 is 11.8 Å². The zero-order valence-electron chi connectivity index (χ0n) is 13.1. The molecule has 1 heterocycles. The first-order valence-electron chi connectivity index (χ1n) is 7.24. The van der Waals surface area contributed by atoms with Crippen LogP contribution in [0.15, 0.2) is 53.3 Å². The largest absolute Gasteiger partial charge is 0.472 e. The van der Waals surface area contributed by atoms with Crippen LogP contribution in [0.4, 0.5) is 0 Å². The number of rotatable bonds is 7. The molecule has 7 heteroatoms. The Morgan fingerprint density at radius 1 is 1.33 bits per heavy atom. The van der Waals surface area contributed by atoms with Gasteiger partial charge >= 0.3 is 0 Å². The molecule has 0 radical (unpaired) electrons. The summed E-state index contributed by atoms with van der Waals surface area (Å²) in [6.07, 6.45) is 4.46. The van der Waals surface area contributed by atoms with Crippen molar-refractivity contribution in [2.75, 3.05) is 12.8 Å². The maximum Gasteiger partial charge on any atom is 0.258 e. The lowest BCUT2D eigenvalue weighted by Gasteiger charge is -2.19. The van der Waals surface area contributed by atoms with Crippen LogP contribution in [0.2, 0.25) is 0 Å². The van der Waals surface area contributed by atoms with Crippen LogP contribution in [0, 0.1) is 11.5 Å². The average Bonchev–Trinajstić information content (AvgIpc) is 3.15. The molecule has 0 aliphatic carbocycles. The number of nitrogens with one attached hydrogen (secondary N) is 1. The Labute approximate surface area is 144 Å². The highest BCUT2D eigenvalue weighted by atomic mass is 32.2. The molecule has 124 valence electrons. The summed E-state index contributed by atoms with van der Waals surface area (Å²) in [5, 5.41) is 11.6. The summed E-state index contributed by atoms with van der Waals surface area (Å²) in [5.74, 6) is 0.217. The van der Waals surface area contributed by atoms with E-state index in [1.807, 2.05) is 30.3 Å². The lowest BCUT2D eigenvalue weighted by atomic mass is 10.2. The van der Waals surface area contributed by atoms with Crippen LogP contribution in [0.3, 0.4) is 0 Å². The third-order valence-corrected chi connectivity index (χ3v) is 4.37. The van der Waals surface area contributed by atoms with Gasteiger partial charge in [0.2, 0.25) is 0 Å². The molecule has 0 unspecified atom stereocenters. The van der Waals surface area contributed by atoms with E-state index in [4.69, 9.17) is 9.68 Å². The number of carbonyl (C=O) groups is 2. The van der Waals surface area contributed by atoms with Crippen molar-refractivity contribution in [2.24, 2.45) is 0 Å². The van der Waals surface area contributed by atoms with Gasteiger partial charge in [0.15, 0.2) is 6.19 Å². The zero-order chi connectivity index (χ0) is 17.4. The molecule has 1 atom stereocenters. The number of hydrogen-bond donors (Lipinski definition) is 1. The standard InChI is InChI=1S/C17H17N3O3S/c1-20(12-18)17(22)15(19-16(21)14-7-8-23-9-14)11-24-10-13-5-3-2-4-6-13/h2-9,15H,10-11H2,1H3,(H,19,21)/t15-/m0/s1. The number of nitriles is 1. The fourth-order valence-electron chi connectivity index (χ4n) is 1.96. The van der Waals surface area contributed by atoms with Gasteiger partial charge in [-0.1, -0.05) is 30.3 Å². The lowest BCUT2D eigenvalue weighted by Crippen LogP contribution is -2.47. The van der Waals surface area contributed by atoms with Crippen molar-refractivity contribution in [3.05, 3.63) is 60.1 Å². The summed E-state index contributed by atoms with van der Waals surface area (Å²) in [7, 11) is 1.38. The maximum absolute atomic E-state index is 12.3. The molecule has 1 aromatic heterocycles. The second kappa shape index (κ2) is 8.79. The first kappa shape index (κ1) is 17.6. The number of carbonyl (C=O) groups excluding carboxylic acids is 2. The van der Waals surface area contributed by atoms with E-state index in [0.29, 0.717) is 17.1 Å². The van der Waals surface area contributed by atoms with Crippen molar-refractivity contribution < 1.29 is 14.0 Å². The van der Waals surface area contributed by atoms with E-state index in [9.17, 15) is 9.59 Å². The minimum atomic E-state index is -0.786. The van der Waals surface area contributed by atoms with Crippen molar-refractivity contribution in [3.63, 3.8) is 0 Å². The highest BCUT2D eigenvalue weighted by Crippen LogP contribution is 2.14. The first-order chi connectivity index (χ1) is 11.6. The molecule has 0 spiro atoms. The Morgan fingerprint density at radius 3 is 2.71 bits per heavy atom. The number of likely N-dealkylation sites (N-methyl/N-ethyl adjacent to an activating group) is 1. The fraction of sp³-hybridized carbons (Fsp3) is 0.235. The first-order valence-corrected chi connectivity index (χ1v) is 8.39. The summed E-state index contributed by atoms with van der Waals surface area (Å²) in [6, 6.07) is 10.6. The SMILES string of the molecule is CN(C#N)C(=O)[C@H](CSCc1ccccc1)NC(=O)c1ccoc1. The highest BCUT2D eigenvalue weighted by Gasteiger charge is 2.25. The van der Waals surface area contributed by atoms with E-state index >= 15 is 0 Å². The van der Waals surface area contributed by atoms with Crippen LogP contribution in [-0.2, 0) is 10.5 Å². The van der Waals surface area contributed by atoms with Crippen LogP contribution in [0.5, 0.6) is 0 Å². The summed E-state index contributed by atoms with van der Waals surface area (Å²) in [6.45, 7) is 0. The zero-order valence-corrected chi connectivity index (χ0v) is 14.0. The van der Waals surface area contributed by atoms with Gasteiger partial charge in [0, 0.05) is 18.6 Å². The molecule has 2 amide bonds. The molecule has 24 heavy (non-hydrogen) atoms. The number of thioether (sulfide) groups is 1. The van der Waals surface area contributed by atoms with Gasteiger partial charge in [0.05, 0.1) is 11.8 Å². The molecule has 2 rings (SSSR count). The fourth-order valence-corrected chi connectivity index (χ4v) is 2.97. The Hall–Kier alpha value is -2.72. The topological polar surface area (TPSA) is 86.3 Å². The normalized spacial score (nSPS) is 11.3. The van der Waals surface area contributed by atoms with Gasteiger partial charge in [-0.25, -0.2) is 0 Å². The van der Waals surface area contributed by atoms with Gasteiger partial charge in [-0.05, 0) is 11.6 Å². The summed E-state index contributed by atoms with van der Waals surface area (Å²) in [4.78, 5) is 25.3. The molecule has 1 N–H and O–H groups in total. The number of amides is 2. The molecular formula is C17H17N3O3S. The molecule has 0 aliphatic rings. The van der Waals surface area contributed by atoms with Gasteiger partial charge in [0.25, 0.3) is 11.8 Å². The van der Waals surface area contributed by atoms with Gasteiger partial charge < -0.3 is 9.73 Å².